The molecular weight excluding hydrogens is 638 g/mol. The number of rotatable bonds is 3. The van der Waals surface area contributed by atoms with Crippen LogP contribution in [0.25, 0.3) is 0 Å². The molecule has 8 nitrogen and oxygen atoms in total. The zero-order chi connectivity index (χ0) is 32.8. The summed E-state index contributed by atoms with van der Waals surface area (Å²) in [6.07, 6.45) is 9.32. The van der Waals surface area contributed by atoms with Crippen LogP contribution in [0, 0.1) is 11.8 Å². The Hall–Kier alpha value is -2.43. The number of sulfone groups is 1. The molecule has 7 rings (SSSR count). The summed E-state index contributed by atoms with van der Waals surface area (Å²) in [6.45, 7) is 2.50. The number of benzene rings is 2. The molecule has 0 aromatic heterocycles. The summed E-state index contributed by atoms with van der Waals surface area (Å²) in [5.74, 6) is -0.0213. The van der Waals surface area contributed by atoms with Crippen molar-refractivity contribution in [2.75, 3.05) is 44.1 Å². The van der Waals surface area contributed by atoms with E-state index in [4.69, 9.17) is 25.8 Å². The number of ether oxygens (including phenoxy) is 3. The first-order valence-corrected chi connectivity index (χ1v) is 19.3. The molecule has 5 aliphatic rings. The highest BCUT2D eigenvalue weighted by molar-refractivity contribution is 7.92. The summed E-state index contributed by atoms with van der Waals surface area (Å²) in [6, 6.07) is 11.5. The van der Waals surface area contributed by atoms with Gasteiger partial charge in [0.05, 0.1) is 35.9 Å². The average molecular weight is 684 g/mol. The lowest BCUT2D eigenvalue weighted by molar-refractivity contribution is 0.0447. The van der Waals surface area contributed by atoms with Crippen LogP contribution in [0.2, 0.25) is 5.02 Å². The van der Waals surface area contributed by atoms with Gasteiger partial charge in [-0.2, -0.15) is 0 Å². The topological polar surface area (TPSA) is 102 Å². The fraction of sp³-hybridized carbons (Fsp3) is 0.595. The van der Waals surface area contributed by atoms with Crippen molar-refractivity contribution in [3.05, 3.63) is 70.3 Å². The fourth-order valence-corrected chi connectivity index (χ4v) is 10.9. The van der Waals surface area contributed by atoms with E-state index < -0.39 is 38.8 Å². The number of Topliss-reactive ketones (excluding diaryl/α,β-unsaturated/α-hetero) is 1. The van der Waals surface area contributed by atoms with Crippen molar-refractivity contribution in [3.63, 3.8) is 0 Å². The van der Waals surface area contributed by atoms with Crippen molar-refractivity contribution in [3.8, 4) is 5.75 Å². The van der Waals surface area contributed by atoms with Crippen molar-refractivity contribution >= 4 is 32.9 Å². The summed E-state index contributed by atoms with van der Waals surface area (Å²) in [4.78, 5) is 16.2. The van der Waals surface area contributed by atoms with Crippen molar-refractivity contribution in [2.24, 2.45) is 11.8 Å². The van der Waals surface area contributed by atoms with Gasteiger partial charge in [0.2, 0.25) is 0 Å². The quantitative estimate of drug-likeness (QED) is 0.411. The lowest BCUT2D eigenvalue weighted by Crippen LogP contribution is -2.49. The van der Waals surface area contributed by atoms with Gasteiger partial charge in [0.1, 0.15) is 11.5 Å². The van der Waals surface area contributed by atoms with Gasteiger partial charge >= 0.3 is 0 Å². The highest BCUT2D eigenvalue weighted by Crippen LogP contribution is 2.47. The second-order valence-corrected chi connectivity index (χ2v) is 17.0. The Morgan fingerprint density at radius 1 is 1.13 bits per heavy atom. The van der Waals surface area contributed by atoms with Gasteiger partial charge in [-0.3, -0.25) is 4.79 Å². The van der Waals surface area contributed by atoms with Crippen molar-refractivity contribution in [1.29, 1.82) is 0 Å². The number of carbonyl (C=O) groups excluding carboxylic acids is 1. The molecule has 10 heteroatoms. The number of aliphatic hydroxyl groups excluding tert-OH is 1. The molecule has 0 radical (unpaired) electrons. The molecule has 3 aliphatic heterocycles. The molecule has 254 valence electrons. The first kappa shape index (κ1) is 33.1. The largest absolute Gasteiger partial charge is 0.490 e. The molecule has 1 saturated carbocycles. The van der Waals surface area contributed by atoms with Crippen LogP contribution in [0.5, 0.6) is 5.75 Å². The third kappa shape index (κ3) is 6.63. The minimum absolute atomic E-state index is 0.0809. The molecule has 2 aromatic rings. The Kier molecular flexibility index (Phi) is 9.48. The number of carbonyl (C=O) groups is 1. The number of anilines is 1. The van der Waals surface area contributed by atoms with Gasteiger partial charge in [-0.25, -0.2) is 8.42 Å². The molecule has 1 saturated heterocycles. The smallest absolute Gasteiger partial charge is 0.177 e. The summed E-state index contributed by atoms with van der Waals surface area (Å²) < 4.78 is 46.3. The predicted molar refractivity (Wildman–Crippen MR) is 182 cm³/mol. The molecule has 7 atom stereocenters. The number of aliphatic hydroxyl groups is 1. The zero-order valence-electron chi connectivity index (χ0n) is 27.1. The summed E-state index contributed by atoms with van der Waals surface area (Å²) >= 11 is 6.42. The van der Waals surface area contributed by atoms with Crippen LogP contribution in [0.1, 0.15) is 72.9 Å². The van der Waals surface area contributed by atoms with E-state index in [0.29, 0.717) is 44.0 Å². The van der Waals surface area contributed by atoms with E-state index in [1.807, 2.05) is 30.4 Å². The molecule has 0 unspecified atom stereocenters. The number of hydrogen-bond donors (Lipinski definition) is 1. The standard InChI is InChI=1S/C37H46ClNO7S/c1-44-35-8-2-7-32(40)29-12-9-26(29)20-39-22-37(15-3-5-24-17-27(38)11-13-30(24)37)23-46-34-14-10-25(18-31(34)39)33(41)21-47(42,43)36(35)19-28-6-4-16-45-28/h2,7,10-11,13-14,17-18,26,28-29,32,35-36,40H,3-6,8-9,12,15-16,19-23H2,1H3/b7-2+/t26-,28-,29+,32-,35+,36-,37-/m0/s1. The summed E-state index contributed by atoms with van der Waals surface area (Å²) in [5, 5.41) is 11.2. The van der Waals surface area contributed by atoms with Crippen molar-refractivity contribution in [1.82, 2.24) is 0 Å². The zero-order valence-corrected chi connectivity index (χ0v) is 28.7. The van der Waals surface area contributed by atoms with Crippen LogP contribution < -0.4 is 9.64 Å². The normalized spacial score (nSPS) is 34.4. The van der Waals surface area contributed by atoms with E-state index >= 15 is 0 Å². The summed E-state index contributed by atoms with van der Waals surface area (Å²) in [5.41, 5.74) is 3.40. The highest BCUT2D eigenvalue weighted by atomic mass is 35.5. The first-order valence-electron chi connectivity index (χ1n) is 17.2. The number of ketones is 1. The Balaban J connectivity index is 1.27. The van der Waals surface area contributed by atoms with E-state index in [9.17, 15) is 18.3 Å². The SMILES string of the molecule is CO[C@@H]1C/C=C/[C@H](O)[C@@H]2CC[C@H]2CN2C[C@@]3(CCCc4cc(Cl)ccc43)COc3ccc(cc32)C(=O)CS(=O)(=O)[C@H]1C[C@@H]1CCCO1. The van der Waals surface area contributed by atoms with Crippen molar-refractivity contribution in [2.45, 2.75) is 86.8 Å². The van der Waals surface area contributed by atoms with Crippen molar-refractivity contribution < 1.29 is 32.5 Å². The van der Waals surface area contributed by atoms with Gasteiger partial charge in [-0.15, -0.1) is 0 Å². The van der Waals surface area contributed by atoms with Gasteiger partial charge < -0.3 is 24.2 Å². The monoisotopic (exact) mass is 683 g/mol. The van der Waals surface area contributed by atoms with E-state index in [2.05, 4.69) is 17.0 Å². The third-order valence-corrected chi connectivity index (χ3v) is 13.8. The van der Waals surface area contributed by atoms with E-state index in [1.165, 1.54) is 18.2 Å². The molecule has 47 heavy (non-hydrogen) atoms. The lowest BCUT2D eigenvalue weighted by atomic mass is 9.68. The molecule has 2 aliphatic carbocycles. The number of fused-ring (bicyclic) bond motifs is 4. The lowest BCUT2D eigenvalue weighted by Gasteiger charge is -2.45. The Bertz CT molecular complexity index is 1620. The van der Waals surface area contributed by atoms with Crippen LogP contribution in [0.4, 0.5) is 5.69 Å². The maximum absolute atomic E-state index is 14.0. The predicted octanol–water partition coefficient (Wildman–Crippen LogP) is 5.71. The molecule has 2 fully saturated rings. The van der Waals surface area contributed by atoms with Crippen LogP contribution in [-0.4, -0.2) is 82.0 Å². The number of halogens is 1. The van der Waals surface area contributed by atoms with Crippen LogP contribution in [-0.2, 0) is 31.1 Å². The van der Waals surface area contributed by atoms with E-state index in [0.717, 1.165) is 55.7 Å². The number of aryl methyl sites for hydroxylation is 1. The maximum atomic E-state index is 14.0. The van der Waals surface area contributed by atoms with Gasteiger partial charge in [-0.05, 0) is 111 Å². The fourth-order valence-electron chi connectivity index (χ4n) is 8.73. The van der Waals surface area contributed by atoms with Crippen LogP contribution in [0.3, 0.4) is 0 Å². The second-order valence-electron chi connectivity index (χ2n) is 14.4. The summed E-state index contributed by atoms with van der Waals surface area (Å²) in [7, 11) is -2.41. The minimum atomic E-state index is -3.93. The number of methoxy groups -OCH3 is 1. The van der Waals surface area contributed by atoms with Gasteiger partial charge in [0.15, 0.2) is 15.6 Å². The number of nitrogens with zero attached hydrogens (tertiary/aromatic N) is 1. The van der Waals surface area contributed by atoms with E-state index in [1.54, 1.807) is 6.07 Å². The Morgan fingerprint density at radius 3 is 2.77 bits per heavy atom. The van der Waals surface area contributed by atoms with Gasteiger partial charge in [-0.1, -0.05) is 29.8 Å². The third-order valence-electron chi connectivity index (χ3n) is 11.5. The molecule has 2 bridgehead atoms. The molecule has 0 amide bonds. The maximum Gasteiger partial charge on any atom is 0.177 e. The second kappa shape index (κ2) is 13.5. The molecular formula is C37H46ClNO7S. The highest BCUT2D eigenvalue weighted by Gasteiger charge is 2.45. The molecule has 2 aromatic carbocycles. The number of hydrogen-bond acceptors (Lipinski definition) is 8. The van der Waals surface area contributed by atoms with Crippen LogP contribution >= 0.6 is 11.6 Å². The molecule has 3 heterocycles. The Morgan fingerprint density at radius 2 is 2.00 bits per heavy atom. The van der Waals surface area contributed by atoms with Gasteiger partial charge in [0, 0.05) is 42.8 Å². The molecule has 1 N–H and O–H groups in total. The van der Waals surface area contributed by atoms with Crippen LogP contribution in [0.15, 0.2) is 48.6 Å². The first-order chi connectivity index (χ1) is 22.7. The minimum Gasteiger partial charge on any atom is -0.490 e. The van der Waals surface area contributed by atoms with E-state index in [-0.39, 0.29) is 29.8 Å². The molecule has 1 spiro atoms. The average Bonchev–Trinajstić information content (AvgIpc) is 3.50. The van der Waals surface area contributed by atoms with Gasteiger partial charge in [0.25, 0.3) is 0 Å². The Labute approximate surface area is 283 Å².